The van der Waals surface area contributed by atoms with E-state index in [0.717, 1.165) is 17.4 Å². The molecule has 0 bridgehead atoms. The molecule has 0 aliphatic carbocycles. The van der Waals surface area contributed by atoms with Gasteiger partial charge in [-0.3, -0.25) is 0 Å². The predicted molar refractivity (Wildman–Crippen MR) is 66.8 cm³/mol. The third-order valence-corrected chi connectivity index (χ3v) is 3.23. The van der Waals surface area contributed by atoms with E-state index in [1.165, 1.54) is 5.56 Å². The number of benzene rings is 1. The molecule has 0 fully saturated rings. The Labute approximate surface area is 99.8 Å². The third-order valence-electron chi connectivity index (χ3n) is 2.74. The molecular weight excluding hydrogens is 254 g/mol. The minimum atomic E-state index is -0.178. The van der Waals surface area contributed by atoms with Gasteiger partial charge in [-0.25, -0.2) is 0 Å². The minimum Gasteiger partial charge on any atom is -0.394 e. The van der Waals surface area contributed by atoms with Crippen LogP contribution in [0.1, 0.15) is 25.8 Å². The van der Waals surface area contributed by atoms with Crippen molar-refractivity contribution >= 4 is 15.9 Å². The van der Waals surface area contributed by atoms with Crippen LogP contribution in [0.2, 0.25) is 0 Å². The first-order valence-corrected chi connectivity index (χ1v) is 5.99. The fourth-order valence-electron chi connectivity index (χ4n) is 1.26. The van der Waals surface area contributed by atoms with Crippen molar-refractivity contribution in [2.75, 3.05) is 6.61 Å². The molecule has 0 amide bonds. The van der Waals surface area contributed by atoms with E-state index < -0.39 is 0 Å². The molecule has 3 heteroatoms. The van der Waals surface area contributed by atoms with Gasteiger partial charge in [0.15, 0.2) is 0 Å². The van der Waals surface area contributed by atoms with Crippen molar-refractivity contribution in [2.24, 2.45) is 0 Å². The predicted octanol–water partition coefficient (Wildman–Crippen LogP) is 2.70. The van der Waals surface area contributed by atoms with Gasteiger partial charge in [0.2, 0.25) is 0 Å². The number of hydrogen-bond acceptors (Lipinski definition) is 2. The molecule has 0 saturated heterocycles. The summed E-state index contributed by atoms with van der Waals surface area (Å²) >= 11 is 3.44. The first-order chi connectivity index (χ1) is 7.09. The Hall–Kier alpha value is -0.380. The second-order valence-corrected chi connectivity index (χ2v) is 4.97. The van der Waals surface area contributed by atoms with E-state index in [-0.39, 0.29) is 12.1 Å². The zero-order valence-electron chi connectivity index (χ0n) is 9.26. The van der Waals surface area contributed by atoms with Gasteiger partial charge in [-0.1, -0.05) is 35.0 Å². The Kier molecular flexibility index (Phi) is 4.77. The molecule has 0 aromatic heterocycles. The van der Waals surface area contributed by atoms with Crippen molar-refractivity contribution < 1.29 is 5.11 Å². The average molecular weight is 272 g/mol. The summed E-state index contributed by atoms with van der Waals surface area (Å²) in [5, 5.41) is 12.6. The summed E-state index contributed by atoms with van der Waals surface area (Å²) < 4.78 is 1.09. The average Bonchev–Trinajstić information content (AvgIpc) is 2.26. The van der Waals surface area contributed by atoms with E-state index in [1.807, 2.05) is 19.1 Å². The molecule has 0 radical (unpaired) electrons. The quantitative estimate of drug-likeness (QED) is 0.863. The lowest BCUT2D eigenvalue weighted by Crippen LogP contribution is -2.44. The van der Waals surface area contributed by atoms with Gasteiger partial charge in [-0.2, -0.15) is 0 Å². The molecule has 0 spiro atoms. The number of hydrogen-bond donors (Lipinski definition) is 2. The van der Waals surface area contributed by atoms with Crippen LogP contribution in [0.5, 0.6) is 0 Å². The van der Waals surface area contributed by atoms with E-state index in [1.54, 1.807) is 0 Å². The van der Waals surface area contributed by atoms with E-state index in [2.05, 4.69) is 40.3 Å². The lowest BCUT2D eigenvalue weighted by atomic mass is 10.00. The summed E-state index contributed by atoms with van der Waals surface area (Å²) in [4.78, 5) is 0. The van der Waals surface area contributed by atoms with E-state index in [0.29, 0.717) is 0 Å². The monoisotopic (exact) mass is 271 g/mol. The van der Waals surface area contributed by atoms with Crippen LogP contribution in [0.4, 0.5) is 0 Å². The van der Waals surface area contributed by atoms with Gasteiger partial charge in [-0.05, 0) is 31.0 Å². The summed E-state index contributed by atoms with van der Waals surface area (Å²) in [6.07, 6.45) is 0.914. The molecule has 1 aromatic carbocycles. The van der Waals surface area contributed by atoms with Crippen LogP contribution in [0.25, 0.3) is 0 Å². The second kappa shape index (κ2) is 5.64. The van der Waals surface area contributed by atoms with Crippen molar-refractivity contribution in [1.29, 1.82) is 0 Å². The summed E-state index contributed by atoms with van der Waals surface area (Å²) in [7, 11) is 0. The SMILES string of the molecule is CCC(C)(CO)NCc1cccc(Br)c1. The molecule has 0 heterocycles. The first kappa shape index (κ1) is 12.7. The molecule has 0 aliphatic heterocycles. The van der Waals surface area contributed by atoms with Crippen LogP contribution in [-0.2, 0) is 6.54 Å². The van der Waals surface area contributed by atoms with Gasteiger partial charge in [0.1, 0.15) is 0 Å². The standard InChI is InChI=1S/C12H18BrNO/c1-3-12(2,9-15)14-8-10-5-4-6-11(13)7-10/h4-7,14-15H,3,8-9H2,1-2H3. The number of halogens is 1. The third kappa shape index (κ3) is 3.93. The normalized spacial score (nSPS) is 14.9. The maximum atomic E-state index is 9.25. The fourth-order valence-corrected chi connectivity index (χ4v) is 1.70. The van der Waals surface area contributed by atoms with Crippen molar-refractivity contribution in [3.05, 3.63) is 34.3 Å². The van der Waals surface area contributed by atoms with Gasteiger partial charge >= 0.3 is 0 Å². The Morgan fingerprint density at radius 1 is 1.47 bits per heavy atom. The fraction of sp³-hybridized carbons (Fsp3) is 0.500. The zero-order valence-corrected chi connectivity index (χ0v) is 10.8. The molecule has 0 saturated carbocycles. The Bertz CT molecular complexity index is 310. The zero-order chi connectivity index (χ0) is 11.3. The molecule has 1 aromatic rings. The van der Waals surface area contributed by atoms with Crippen LogP contribution < -0.4 is 5.32 Å². The molecule has 84 valence electrons. The lowest BCUT2D eigenvalue weighted by molar-refractivity contribution is 0.169. The van der Waals surface area contributed by atoms with Gasteiger partial charge in [0.25, 0.3) is 0 Å². The smallest absolute Gasteiger partial charge is 0.0610 e. The Morgan fingerprint density at radius 2 is 2.20 bits per heavy atom. The minimum absolute atomic E-state index is 0.164. The van der Waals surface area contributed by atoms with Crippen molar-refractivity contribution in [1.82, 2.24) is 5.32 Å². The van der Waals surface area contributed by atoms with Crippen LogP contribution >= 0.6 is 15.9 Å². The molecule has 1 atom stereocenters. The highest BCUT2D eigenvalue weighted by molar-refractivity contribution is 9.10. The maximum Gasteiger partial charge on any atom is 0.0610 e. The molecule has 0 aliphatic rings. The van der Waals surface area contributed by atoms with Gasteiger partial charge in [-0.15, -0.1) is 0 Å². The molecule has 2 N–H and O–H groups in total. The first-order valence-electron chi connectivity index (χ1n) is 5.20. The van der Waals surface area contributed by atoms with Gasteiger partial charge in [0, 0.05) is 16.6 Å². The number of aliphatic hydroxyl groups is 1. The lowest BCUT2D eigenvalue weighted by Gasteiger charge is -2.27. The molecular formula is C12H18BrNO. The Balaban J connectivity index is 2.56. The van der Waals surface area contributed by atoms with Crippen molar-refractivity contribution in [3.8, 4) is 0 Å². The molecule has 15 heavy (non-hydrogen) atoms. The van der Waals surface area contributed by atoms with Crippen LogP contribution in [0, 0.1) is 0 Å². The highest BCUT2D eigenvalue weighted by Crippen LogP contribution is 2.13. The van der Waals surface area contributed by atoms with Gasteiger partial charge < -0.3 is 10.4 Å². The highest BCUT2D eigenvalue weighted by atomic mass is 79.9. The van der Waals surface area contributed by atoms with E-state index >= 15 is 0 Å². The molecule has 1 rings (SSSR count). The second-order valence-electron chi connectivity index (χ2n) is 4.06. The largest absolute Gasteiger partial charge is 0.394 e. The maximum absolute atomic E-state index is 9.25. The summed E-state index contributed by atoms with van der Waals surface area (Å²) in [5.41, 5.74) is 1.04. The van der Waals surface area contributed by atoms with Crippen molar-refractivity contribution in [2.45, 2.75) is 32.4 Å². The number of aliphatic hydroxyl groups excluding tert-OH is 1. The van der Waals surface area contributed by atoms with E-state index in [4.69, 9.17) is 0 Å². The topological polar surface area (TPSA) is 32.3 Å². The van der Waals surface area contributed by atoms with E-state index in [9.17, 15) is 5.11 Å². The van der Waals surface area contributed by atoms with Gasteiger partial charge in [0.05, 0.1) is 6.61 Å². The summed E-state index contributed by atoms with van der Waals surface area (Å²) in [6, 6.07) is 8.18. The van der Waals surface area contributed by atoms with Crippen molar-refractivity contribution in [3.63, 3.8) is 0 Å². The molecule has 1 unspecified atom stereocenters. The summed E-state index contributed by atoms with van der Waals surface area (Å²) in [6.45, 7) is 5.05. The van der Waals surface area contributed by atoms with Crippen LogP contribution in [0.3, 0.4) is 0 Å². The number of rotatable bonds is 5. The van der Waals surface area contributed by atoms with Crippen LogP contribution in [-0.4, -0.2) is 17.3 Å². The Morgan fingerprint density at radius 3 is 2.73 bits per heavy atom. The summed E-state index contributed by atoms with van der Waals surface area (Å²) in [5.74, 6) is 0. The highest BCUT2D eigenvalue weighted by Gasteiger charge is 2.19. The molecule has 2 nitrogen and oxygen atoms in total. The van der Waals surface area contributed by atoms with Crippen LogP contribution in [0.15, 0.2) is 28.7 Å². The number of nitrogens with one attached hydrogen (secondary N) is 1.